The number of imidazole rings is 2. The third-order valence-corrected chi connectivity index (χ3v) is 10.3. The molecular formula is C36H20Cl6N4O6. The fourth-order valence-corrected chi connectivity index (χ4v) is 7.60. The molecular weight excluding hydrogens is 797 g/mol. The molecule has 52 heavy (non-hydrogen) atoms. The smallest absolute Gasteiger partial charge is 0.383 e. The summed E-state index contributed by atoms with van der Waals surface area (Å²) in [5, 5.41) is 2.61. The lowest BCUT2D eigenvalue weighted by atomic mass is 9.90. The third kappa shape index (κ3) is 6.03. The number of carbonyl (C=O) groups is 2. The van der Waals surface area contributed by atoms with Crippen LogP contribution in [0.2, 0.25) is 30.1 Å². The van der Waals surface area contributed by atoms with E-state index in [0.29, 0.717) is 52.4 Å². The number of hydrogen-bond acceptors (Lipinski definition) is 8. The van der Waals surface area contributed by atoms with E-state index in [1.165, 1.54) is 33.9 Å². The number of esters is 2. The molecule has 4 unspecified atom stereocenters. The van der Waals surface area contributed by atoms with Gasteiger partial charge in [-0.05, 0) is 59.7 Å². The molecule has 0 spiro atoms. The molecule has 2 aromatic heterocycles. The Labute approximate surface area is 325 Å². The third-order valence-electron chi connectivity index (χ3n) is 8.69. The van der Waals surface area contributed by atoms with Crippen molar-refractivity contribution in [3.63, 3.8) is 0 Å². The predicted octanol–water partition coefficient (Wildman–Crippen LogP) is 9.46. The summed E-state index contributed by atoms with van der Waals surface area (Å²) in [6.45, 7) is 0. The van der Waals surface area contributed by atoms with Crippen molar-refractivity contribution in [3.05, 3.63) is 162 Å². The zero-order chi connectivity index (χ0) is 36.4. The van der Waals surface area contributed by atoms with Gasteiger partial charge in [0.05, 0.1) is 0 Å². The number of rotatable bonds is 8. The Hall–Kier alpha value is -4.10. The molecule has 8 rings (SSSR count). The van der Waals surface area contributed by atoms with Crippen LogP contribution in [0.25, 0.3) is 0 Å². The molecule has 0 aliphatic carbocycles. The van der Waals surface area contributed by atoms with Gasteiger partial charge in [0, 0.05) is 66.1 Å². The summed E-state index contributed by atoms with van der Waals surface area (Å²) in [4.78, 5) is 34.7. The molecule has 4 aromatic carbocycles. The summed E-state index contributed by atoms with van der Waals surface area (Å²) < 4.78 is 26.4. The highest BCUT2D eigenvalue weighted by atomic mass is 35.5. The molecule has 2 fully saturated rings. The normalized spacial score (nSPS) is 21.8. The Kier molecular flexibility index (Phi) is 9.00. The number of carbonyl (C=O) groups excluding carboxylic acids is 2. The van der Waals surface area contributed by atoms with Gasteiger partial charge in [-0.15, -0.1) is 0 Å². The van der Waals surface area contributed by atoms with E-state index in [9.17, 15) is 9.59 Å². The summed E-state index contributed by atoms with van der Waals surface area (Å²) in [6.07, 6.45) is 4.27. The highest BCUT2D eigenvalue weighted by molar-refractivity contribution is 6.36. The van der Waals surface area contributed by atoms with Crippen LogP contribution in [0.5, 0.6) is 12.0 Å². The van der Waals surface area contributed by atoms with Crippen LogP contribution < -0.4 is 9.47 Å². The molecule has 0 radical (unpaired) electrons. The van der Waals surface area contributed by atoms with Crippen LogP contribution in [-0.2, 0) is 30.3 Å². The minimum absolute atomic E-state index is 0.235. The molecule has 16 heteroatoms. The Balaban J connectivity index is 1.04. The second kappa shape index (κ2) is 13.4. The maximum absolute atomic E-state index is 13.2. The van der Waals surface area contributed by atoms with Gasteiger partial charge >= 0.3 is 24.0 Å². The number of aromatic nitrogens is 4. The average Bonchev–Trinajstić information content (AvgIpc) is 3.91. The van der Waals surface area contributed by atoms with Crippen molar-refractivity contribution in [1.29, 1.82) is 0 Å². The van der Waals surface area contributed by atoms with Crippen molar-refractivity contribution in [2.75, 3.05) is 0 Å². The molecule has 262 valence electrons. The van der Waals surface area contributed by atoms with Gasteiger partial charge in [-0.1, -0.05) is 106 Å². The van der Waals surface area contributed by atoms with Gasteiger partial charge in [-0.25, -0.2) is 19.6 Å². The van der Waals surface area contributed by atoms with E-state index in [4.69, 9.17) is 88.6 Å². The van der Waals surface area contributed by atoms with Crippen molar-refractivity contribution in [2.24, 2.45) is 0 Å². The molecule has 0 bridgehead atoms. The summed E-state index contributed by atoms with van der Waals surface area (Å²) >= 11 is 38.0. The molecule has 0 N–H and O–H groups in total. The van der Waals surface area contributed by atoms with Crippen LogP contribution in [0.4, 0.5) is 0 Å². The van der Waals surface area contributed by atoms with E-state index < -0.39 is 35.6 Å². The zero-order valence-electron chi connectivity index (χ0n) is 26.1. The highest BCUT2D eigenvalue weighted by Gasteiger charge is 2.63. The predicted molar refractivity (Wildman–Crippen MR) is 193 cm³/mol. The number of nitrogens with zero attached hydrogens (tertiary/aromatic N) is 4. The summed E-state index contributed by atoms with van der Waals surface area (Å²) in [5.41, 5.74) is 0.348. The summed E-state index contributed by atoms with van der Waals surface area (Å²) in [5.74, 6) is -2.74. The second-order valence-electron chi connectivity index (χ2n) is 11.7. The number of ether oxygens (including phenoxy) is 4. The molecule has 2 aliphatic heterocycles. The van der Waals surface area contributed by atoms with E-state index in [2.05, 4.69) is 9.97 Å². The highest BCUT2D eigenvalue weighted by Crippen LogP contribution is 2.62. The van der Waals surface area contributed by atoms with Crippen molar-refractivity contribution in [2.45, 2.75) is 23.7 Å². The fourth-order valence-electron chi connectivity index (χ4n) is 6.25. The van der Waals surface area contributed by atoms with Gasteiger partial charge in [0.2, 0.25) is 0 Å². The first-order valence-corrected chi connectivity index (χ1v) is 17.6. The van der Waals surface area contributed by atoms with Crippen molar-refractivity contribution >= 4 is 81.5 Å². The minimum Gasteiger partial charge on any atom is -0.383 e. The number of hydrogen-bond donors (Lipinski definition) is 0. The number of halogens is 6. The first-order valence-electron chi connectivity index (χ1n) is 15.3. The van der Waals surface area contributed by atoms with Gasteiger partial charge in [0.15, 0.2) is 23.7 Å². The Morgan fingerprint density at radius 3 is 1.29 bits per heavy atom. The van der Waals surface area contributed by atoms with E-state index in [1.54, 1.807) is 84.9 Å². The maximum Gasteiger partial charge on any atom is 0.425 e. The lowest BCUT2D eigenvalue weighted by Crippen LogP contribution is -2.28. The SMILES string of the molecule is O=C(Oc1nccn1C1OC1(c1ccc(Cl)cc1)c1ccc(Cl)cc1Cl)C(=O)Oc1nccn1C1OC1(c1ccc(Cl)cc1)c1ccc(Cl)cc1Cl. The molecule has 6 aromatic rings. The van der Waals surface area contributed by atoms with E-state index in [-0.39, 0.29) is 12.0 Å². The van der Waals surface area contributed by atoms with E-state index in [1.807, 2.05) is 0 Å². The van der Waals surface area contributed by atoms with Gasteiger partial charge < -0.3 is 18.9 Å². The van der Waals surface area contributed by atoms with Gasteiger partial charge in [-0.2, -0.15) is 0 Å². The molecule has 0 amide bonds. The van der Waals surface area contributed by atoms with Crippen LogP contribution in [-0.4, -0.2) is 31.0 Å². The first kappa shape index (κ1) is 35.0. The molecule has 10 nitrogen and oxygen atoms in total. The van der Waals surface area contributed by atoms with Gasteiger partial charge in [-0.3, -0.25) is 9.13 Å². The lowest BCUT2D eigenvalue weighted by Gasteiger charge is -2.17. The monoisotopic (exact) mass is 814 g/mol. The van der Waals surface area contributed by atoms with Crippen LogP contribution in [0.15, 0.2) is 110 Å². The zero-order valence-corrected chi connectivity index (χ0v) is 30.6. The van der Waals surface area contributed by atoms with Crippen molar-refractivity contribution in [1.82, 2.24) is 19.1 Å². The molecule has 2 aliphatic rings. The standard InChI is InChI=1S/C36H20Cl6N4O6/c37-21-5-1-19(2-6-21)35(25-11-9-23(39)17-27(25)41)31(51-35)45-15-13-43-33(45)49-29(47)30(48)50-34-44-14-16-46(34)32-36(52-32,20-3-7-22(38)8-4-20)26-12-10-24(40)18-28(26)42/h1-18,31-32H. The largest absolute Gasteiger partial charge is 0.425 e. The van der Waals surface area contributed by atoms with Crippen LogP contribution >= 0.6 is 69.6 Å². The minimum atomic E-state index is -1.37. The summed E-state index contributed by atoms with van der Waals surface area (Å²) in [6, 6.07) is 23.6. The topological polar surface area (TPSA) is 113 Å². The van der Waals surface area contributed by atoms with Gasteiger partial charge in [0.1, 0.15) is 0 Å². The van der Waals surface area contributed by atoms with E-state index in [0.717, 1.165) is 0 Å². The first-order chi connectivity index (χ1) is 25.0. The molecule has 0 saturated carbocycles. The van der Waals surface area contributed by atoms with Gasteiger partial charge in [0.25, 0.3) is 0 Å². The second-order valence-corrected chi connectivity index (χ2v) is 14.2. The Bertz CT molecular complexity index is 2200. The molecule has 4 atom stereocenters. The maximum atomic E-state index is 13.2. The molecule has 2 saturated heterocycles. The Morgan fingerprint density at radius 1 is 0.558 bits per heavy atom. The number of benzene rings is 4. The van der Waals surface area contributed by atoms with Crippen molar-refractivity contribution in [3.8, 4) is 12.0 Å². The van der Waals surface area contributed by atoms with E-state index >= 15 is 0 Å². The van der Waals surface area contributed by atoms with Crippen LogP contribution in [0.3, 0.4) is 0 Å². The van der Waals surface area contributed by atoms with Crippen LogP contribution in [0, 0.1) is 0 Å². The Morgan fingerprint density at radius 2 is 0.923 bits per heavy atom. The molecule has 4 heterocycles. The number of epoxide rings is 2. The lowest BCUT2D eigenvalue weighted by molar-refractivity contribution is -0.157. The summed E-state index contributed by atoms with van der Waals surface area (Å²) in [7, 11) is 0. The van der Waals surface area contributed by atoms with Crippen molar-refractivity contribution < 1.29 is 28.5 Å². The quantitative estimate of drug-likeness (QED) is 0.0849. The fraction of sp³-hybridized carbons (Fsp3) is 0.111. The van der Waals surface area contributed by atoms with Crippen LogP contribution in [0.1, 0.15) is 34.7 Å². The average molecular weight is 817 g/mol.